The number of benzene rings is 2. The molecule has 7 nitrogen and oxygen atoms in total. The van der Waals surface area contributed by atoms with Crippen LogP contribution in [0.5, 0.6) is 0 Å². The minimum atomic E-state index is -1.21. The van der Waals surface area contributed by atoms with Crippen LogP contribution >= 0.6 is 11.3 Å². The topological polar surface area (TPSA) is 91.4 Å². The Bertz CT molecular complexity index is 1110. The molecule has 1 saturated heterocycles. The van der Waals surface area contributed by atoms with E-state index in [0.717, 1.165) is 16.1 Å². The van der Waals surface area contributed by atoms with Gasteiger partial charge in [0.15, 0.2) is 0 Å². The molecule has 1 aromatic heterocycles. The smallest absolute Gasteiger partial charge is 0.318 e. The van der Waals surface area contributed by atoms with Crippen LogP contribution in [0.2, 0.25) is 0 Å². The van der Waals surface area contributed by atoms with Crippen molar-refractivity contribution in [2.24, 2.45) is 0 Å². The van der Waals surface area contributed by atoms with Crippen molar-refractivity contribution in [2.75, 3.05) is 0 Å². The van der Waals surface area contributed by atoms with Crippen molar-refractivity contribution in [1.82, 2.24) is 20.7 Å². The van der Waals surface area contributed by atoms with E-state index < -0.39 is 23.4 Å². The first-order chi connectivity index (χ1) is 14.4. The second kappa shape index (κ2) is 7.72. The number of carbonyl (C=O) groups is 3. The fourth-order valence-corrected chi connectivity index (χ4v) is 4.21. The number of nitrogens with one attached hydrogen (secondary N) is 2. The maximum absolute atomic E-state index is 13.1. The normalized spacial score (nSPS) is 18.4. The van der Waals surface area contributed by atoms with Gasteiger partial charge < -0.3 is 5.32 Å². The minimum Gasteiger partial charge on any atom is -0.318 e. The predicted octanol–water partition coefficient (Wildman–Crippen LogP) is 3.62. The van der Waals surface area contributed by atoms with Gasteiger partial charge in [-0.2, -0.15) is 5.01 Å². The molecule has 30 heavy (non-hydrogen) atoms. The highest BCUT2D eigenvalue weighted by Gasteiger charge is 2.52. The zero-order valence-electron chi connectivity index (χ0n) is 16.5. The van der Waals surface area contributed by atoms with Crippen molar-refractivity contribution in [1.29, 1.82) is 0 Å². The fourth-order valence-electron chi connectivity index (χ4n) is 3.40. The van der Waals surface area contributed by atoms with E-state index in [1.54, 1.807) is 29.6 Å². The van der Waals surface area contributed by atoms with Gasteiger partial charge in [0.2, 0.25) is 0 Å². The molecule has 3 aromatic rings. The quantitative estimate of drug-likeness (QED) is 0.617. The number of aromatic nitrogens is 1. The van der Waals surface area contributed by atoms with Gasteiger partial charge in [0.1, 0.15) is 16.2 Å². The molecule has 8 heteroatoms. The summed E-state index contributed by atoms with van der Waals surface area (Å²) >= 11 is 1.32. The van der Waals surface area contributed by atoms with Crippen LogP contribution in [-0.4, -0.2) is 27.8 Å². The van der Waals surface area contributed by atoms with E-state index in [9.17, 15) is 14.4 Å². The van der Waals surface area contributed by atoms with Crippen LogP contribution in [0.1, 0.15) is 35.0 Å². The average molecular weight is 420 g/mol. The number of carbonyl (C=O) groups excluding carboxylic acids is 3. The van der Waals surface area contributed by atoms with E-state index >= 15 is 0 Å². The second-order valence-electron chi connectivity index (χ2n) is 7.04. The molecule has 4 rings (SSSR count). The van der Waals surface area contributed by atoms with Gasteiger partial charge in [-0.25, -0.2) is 9.78 Å². The van der Waals surface area contributed by atoms with Crippen molar-refractivity contribution >= 4 is 29.2 Å². The van der Waals surface area contributed by atoms with Crippen LogP contribution in [0, 0.1) is 6.92 Å². The lowest BCUT2D eigenvalue weighted by Crippen LogP contribution is -2.48. The lowest BCUT2D eigenvalue weighted by molar-refractivity contribution is -0.133. The van der Waals surface area contributed by atoms with Gasteiger partial charge >= 0.3 is 6.03 Å². The number of urea groups is 1. The molecular formula is C22H20N4O3S. The number of thiazole rings is 1. The standard InChI is InChI=1S/C22H20N4O3S/c1-3-22(16-7-5-4-6-8-16)20(28)26(21(29)24-22)25-18(27)17-13-30-19(23-17)15-11-9-14(2)10-12-15/h4-13H,3H2,1-2H3,(H,24,29)(H,25,27). The number of rotatable bonds is 5. The fraction of sp³-hybridized carbons (Fsp3) is 0.182. The Morgan fingerprint density at radius 1 is 1.13 bits per heavy atom. The van der Waals surface area contributed by atoms with E-state index in [1.165, 1.54) is 11.3 Å². The highest BCUT2D eigenvalue weighted by atomic mass is 32.1. The van der Waals surface area contributed by atoms with Crippen molar-refractivity contribution in [2.45, 2.75) is 25.8 Å². The molecule has 152 valence electrons. The summed E-state index contributed by atoms with van der Waals surface area (Å²) in [4.78, 5) is 42.7. The summed E-state index contributed by atoms with van der Waals surface area (Å²) in [6, 6.07) is 16.1. The van der Waals surface area contributed by atoms with E-state index in [-0.39, 0.29) is 5.69 Å². The molecule has 1 aliphatic heterocycles. The molecule has 1 aliphatic rings. The third-order valence-electron chi connectivity index (χ3n) is 5.14. The maximum Gasteiger partial charge on any atom is 0.344 e. The molecule has 1 unspecified atom stereocenters. The van der Waals surface area contributed by atoms with E-state index in [2.05, 4.69) is 15.7 Å². The largest absolute Gasteiger partial charge is 0.344 e. The van der Waals surface area contributed by atoms with Crippen molar-refractivity contribution in [3.8, 4) is 10.6 Å². The Labute approximate surface area is 177 Å². The van der Waals surface area contributed by atoms with Crippen LogP contribution in [0.3, 0.4) is 0 Å². The first-order valence-electron chi connectivity index (χ1n) is 9.50. The minimum absolute atomic E-state index is 0.143. The summed E-state index contributed by atoms with van der Waals surface area (Å²) in [5.41, 5.74) is 4.03. The molecule has 0 radical (unpaired) electrons. The molecular weight excluding hydrogens is 400 g/mol. The number of hydrogen-bond acceptors (Lipinski definition) is 5. The Balaban J connectivity index is 1.54. The van der Waals surface area contributed by atoms with Gasteiger partial charge in [-0.05, 0) is 18.9 Å². The summed E-state index contributed by atoms with van der Waals surface area (Å²) in [6.07, 6.45) is 0.349. The zero-order valence-corrected chi connectivity index (χ0v) is 17.3. The highest BCUT2D eigenvalue weighted by Crippen LogP contribution is 2.31. The lowest BCUT2D eigenvalue weighted by Gasteiger charge is -2.25. The third-order valence-corrected chi connectivity index (χ3v) is 6.03. The first-order valence-corrected chi connectivity index (χ1v) is 10.4. The van der Waals surface area contributed by atoms with E-state index in [1.807, 2.05) is 44.2 Å². The lowest BCUT2D eigenvalue weighted by atomic mass is 9.87. The number of aryl methyl sites for hydroxylation is 1. The Hall–Kier alpha value is -3.52. The van der Waals surface area contributed by atoms with Crippen LogP contribution in [0.25, 0.3) is 10.6 Å². The maximum atomic E-state index is 13.1. The molecule has 2 N–H and O–H groups in total. The summed E-state index contributed by atoms with van der Waals surface area (Å²) in [5, 5.41) is 5.76. The van der Waals surface area contributed by atoms with Crippen LogP contribution < -0.4 is 10.7 Å². The molecule has 4 amide bonds. The van der Waals surface area contributed by atoms with Gasteiger partial charge in [0, 0.05) is 10.9 Å². The number of nitrogens with zero attached hydrogens (tertiary/aromatic N) is 2. The van der Waals surface area contributed by atoms with E-state index in [0.29, 0.717) is 17.0 Å². The molecule has 2 aromatic carbocycles. The molecule has 0 saturated carbocycles. The first kappa shape index (κ1) is 19.8. The number of amides is 4. The molecule has 1 fully saturated rings. The third kappa shape index (κ3) is 3.35. The van der Waals surface area contributed by atoms with Crippen molar-refractivity contribution < 1.29 is 14.4 Å². The summed E-state index contributed by atoms with van der Waals surface area (Å²) < 4.78 is 0. The number of imide groups is 1. The molecule has 0 spiro atoms. The van der Waals surface area contributed by atoms with Crippen LogP contribution in [0.4, 0.5) is 4.79 Å². The van der Waals surface area contributed by atoms with E-state index in [4.69, 9.17) is 0 Å². The Morgan fingerprint density at radius 3 is 2.50 bits per heavy atom. The monoisotopic (exact) mass is 420 g/mol. The summed E-state index contributed by atoms with van der Waals surface area (Å²) in [5.74, 6) is -1.14. The number of hydrazine groups is 1. The SMILES string of the molecule is CCC1(c2ccccc2)NC(=O)N(NC(=O)c2csc(-c3ccc(C)cc3)n2)C1=O. The average Bonchev–Trinajstić information content (AvgIpc) is 3.34. The molecule has 0 bridgehead atoms. The van der Waals surface area contributed by atoms with Crippen LogP contribution in [0.15, 0.2) is 60.0 Å². The van der Waals surface area contributed by atoms with Gasteiger partial charge in [0.25, 0.3) is 11.8 Å². The predicted molar refractivity (Wildman–Crippen MR) is 114 cm³/mol. The Morgan fingerprint density at radius 2 is 1.83 bits per heavy atom. The van der Waals surface area contributed by atoms with Gasteiger partial charge in [0.05, 0.1) is 0 Å². The van der Waals surface area contributed by atoms with Gasteiger partial charge in [-0.15, -0.1) is 11.3 Å². The Kier molecular flexibility index (Phi) is 5.09. The summed E-state index contributed by atoms with van der Waals surface area (Å²) in [7, 11) is 0. The summed E-state index contributed by atoms with van der Waals surface area (Å²) in [6.45, 7) is 3.80. The second-order valence-corrected chi connectivity index (χ2v) is 7.90. The van der Waals surface area contributed by atoms with Crippen LogP contribution in [-0.2, 0) is 10.3 Å². The molecule has 2 heterocycles. The molecule has 0 aliphatic carbocycles. The van der Waals surface area contributed by atoms with Gasteiger partial charge in [-0.1, -0.05) is 67.1 Å². The number of hydrogen-bond donors (Lipinski definition) is 2. The van der Waals surface area contributed by atoms with Gasteiger partial charge in [-0.3, -0.25) is 15.0 Å². The van der Waals surface area contributed by atoms with Crippen molar-refractivity contribution in [3.05, 3.63) is 76.8 Å². The molecule has 1 atom stereocenters. The zero-order chi connectivity index (χ0) is 21.3. The highest BCUT2D eigenvalue weighted by molar-refractivity contribution is 7.13. The van der Waals surface area contributed by atoms with Crippen molar-refractivity contribution in [3.63, 3.8) is 0 Å².